The Morgan fingerprint density at radius 3 is 2.53 bits per heavy atom. The minimum atomic E-state index is -1.47. The lowest BCUT2D eigenvalue weighted by Gasteiger charge is -2.11. The summed E-state index contributed by atoms with van der Waals surface area (Å²) in [5.41, 5.74) is -0.354. The number of aromatic carboxylic acids is 1. The summed E-state index contributed by atoms with van der Waals surface area (Å²) in [5.74, 6) is -4.48. The van der Waals surface area contributed by atoms with E-state index in [9.17, 15) is 23.6 Å². The highest BCUT2D eigenvalue weighted by molar-refractivity contribution is 6.44. The number of carbonyl (C=O) groups is 4. The summed E-state index contributed by atoms with van der Waals surface area (Å²) >= 11 is 0. The third-order valence-electron chi connectivity index (χ3n) is 2.51. The zero-order chi connectivity index (χ0) is 14.2. The highest BCUT2D eigenvalue weighted by Gasteiger charge is 2.36. The number of carbonyl (C=O) groups excluding carboxylic acids is 3. The summed E-state index contributed by atoms with van der Waals surface area (Å²) < 4.78 is 13.2. The van der Waals surface area contributed by atoms with Gasteiger partial charge in [-0.25, -0.2) is 14.0 Å². The molecule has 1 saturated heterocycles. The van der Waals surface area contributed by atoms with Crippen LogP contribution in [0.2, 0.25) is 0 Å². The second kappa shape index (κ2) is 4.48. The van der Waals surface area contributed by atoms with Crippen molar-refractivity contribution in [2.45, 2.75) is 6.54 Å². The molecule has 8 heteroatoms. The smallest absolute Gasteiger partial charge is 0.338 e. The lowest BCUT2D eigenvalue weighted by atomic mass is 10.1. The molecule has 0 aliphatic carbocycles. The van der Waals surface area contributed by atoms with Gasteiger partial charge in [0.05, 0.1) is 12.1 Å². The molecule has 0 spiro atoms. The minimum absolute atomic E-state index is 0.219. The van der Waals surface area contributed by atoms with Gasteiger partial charge in [0.25, 0.3) is 0 Å². The molecular weight excluding hydrogens is 259 g/mol. The first kappa shape index (κ1) is 12.7. The van der Waals surface area contributed by atoms with E-state index in [2.05, 4.69) is 0 Å². The van der Waals surface area contributed by atoms with Gasteiger partial charge in [-0.15, -0.1) is 0 Å². The topological polar surface area (TPSA) is 104 Å². The Bertz CT molecular complexity index is 613. The van der Waals surface area contributed by atoms with Crippen LogP contribution in [0.1, 0.15) is 15.9 Å². The summed E-state index contributed by atoms with van der Waals surface area (Å²) in [6, 6.07) is 2.25. The number of carboxylic acid groups (broad SMARTS) is 1. The highest BCUT2D eigenvalue weighted by atomic mass is 19.1. The first-order chi connectivity index (χ1) is 8.90. The van der Waals surface area contributed by atoms with E-state index in [1.165, 1.54) is 6.07 Å². The van der Waals surface area contributed by atoms with Crippen molar-refractivity contribution in [1.82, 2.24) is 10.2 Å². The van der Waals surface area contributed by atoms with Gasteiger partial charge >= 0.3 is 23.8 Å². The lowest BCUT2D eigenvalue weighted by molar-refractivity contribution is -0.140. The average Bonchev–Trinajstić information content (AvgIpc) is 2.58. The van der Waals surface area contributed by atoms with Crippen LogP contribution in [-0.2, 0) is 16.1 Å². The molecule has 0 radical (unpaired) electrons. The first-order valence-electron chi connectivity index (χ1n) is 5.08. The quantitative estimate of drug-likeness (QED) is 0.596. The Morgan fingerprint density at radius 1 is 1.32 bits per heavy atom. The molecule has 0 bridgehead atoms. The Balaban J connectivity index is 2.27. The van der Waals surface area contributed by atoms with E-state index in [0.29, 0.717) is 4.90 Å². The van der Waals surface area contributed by atoms with Gasteiger partial charge in [0.1, 0.15) is 5.82 Å². The molecule has 1 heterocycles. The number of rotatable bonds is 3. The Morgan fingerprint density at radius 2 is 2.00 bits per heavy atom. The maximum absolute atomic E-state index is 13.2. The second-order valence-electron chi connectivity index (χ2n) is 3.77. The number of urea groups is 1. The maximum atomic E-state index is 13.2. The van der Waals surface area contributed by atoms with Crippen molar-refractivity contribution in [3.05, 3.63) is 35.1 Å². The number of nitrogens with one attached hydrogen (secondary N) is 1. The predicted molar refractivity (Wildman–Crippen MR) is 57.4 cm³/mol. The Kier molecular flexibility index (Phi) is 2.99. The van der Waals surface area contributed by atoms with Crippen molar-refractivity contribution >= 4 is 23.8 Å². The van der Waals surface area contributed by atoms with Gasteiger partial charge in [0.15, 0.2) is 0 Å². The van der Waals surface area contributed by atoms with Crippen LogP contribution in [0.3, 0.4) is 0 Å². The van der Waals surface area contributed by atoms with Crippen molar-refractivity contribution in [1.29, 1.82) is 0 Å². The molecule has 0 aromatic heterocycles. The number of hydrogen-bond acceptors (Lipinski definition) is 4. The van der Waals surface area contributed by atoms with E-state index in [1.54, 1.807) is 5.32 Å². The monoisotopic (exact) mass is 266 g/mol. The fourth-order valence-electron chi connectivity index (χ4n) is 1.59. The molecule has 1 aliphatic heterocycles. The number of amides is 4. The number of benzene rings is 1. The van der Waals surface area contributed by atoms with Gasteiger partial charge < -0.3 is 5.11 Å². The number of nitrogens with zero attached hydrogens (tertiary/aromatic N) is 1. The second-order valence-corrected chi connectivity index (χ2v) is 3.77. The van der Waals surface area contributed by atoms with E-state index in [4.69, 9.17) is 5.11 Å². The van der Waals surface area contributed by atoms with E-state index in [0.717, 1.165) is 12.1 Å². The van der Waals surface area contributed by atoms with Crippen LogP contribution in [-0.4, -0.2) is 33.8 Å². The molecule has 1 aromatic carbocycles. The molecule has 4 amide bonds. The van der Waals surface area contributed by atoms with Crippen molar-refractivity contribution in [3.63, 3.8) is 0 Å². The summed E-state index contributed by atoms with van der Waals surface area (Å²) in [7, 11) is 0. The first-order valence-corrected chi connectivity index (χ1v) is 5.08. The van der Waals surface area contributed by atoms with Crippen molar-refractivity contribution in [2.75, 3.05) is 0 Å². The molecular formula is C11H7FN2O5. The summed E-state index contributed by atoms with van der Waals surface area (Å²) in [5, 5.41) is 10.5. The van der Waals surface area contributed by atoms with Crippen molar-refractivity contribution in [3.8, 4) is 0 Å². The zero-order valence-corrected chi connectivity index (χ0v) is 9.34. The molecule has 0 atom stereocenters. The van der Waals surface area contributed by atoms with E-state index in [-0.39, 0.29) is 12.1 Å². The molecule has 7 nitrogen and oxygen atoms in total. The number of halogens is 1. The molecule has 19 heavy (non-hydrogen) atoms. The summed E-state index contributed by atoms with van der Waals surface area (Å²) in [6.07, 6.45) is 0. The minimum Gasteiger partial charge on any atom is -0.478 e. The zero-order valence-electron chi connectivity index (χ0n) is 9.34. The van der Waals surface area contributed by atoms with Gasteiger partial charge in [0, 0.05) is 0 Å². The molecule has 1 fully saturated rings. The van der Waals surface area contributed by atoms with E-state index < -0.39 is 35.2 Å². The van der Waals surface area contributed by atoms with Crippen LogP contribution in [0.5, 0.6) is 0 Å². The molecule has 2 N–H and O–H groups in total. The summed E-state index contributed by atoms with van der Waals surface area (Å²) in [4.78, 5) is 44.9. The molecule has 2 rings (SSSR count). The van der Waals surface area contributed by atoms with Gasteiger partial charge in [-0.2, -0.15) is 0 Å². The third-order valence-corrected chi connectivity index (χ3v) is 2.51. The van der Waals surface area contributed by atoms with Crippen LogP contribution in [0.15, 0.2) is 18.2 Å². The van der Waals surface area contributed by atoms with Gasteiger partial charge in [-0.3, -0.25) is 19.8 Å². The molecule has 1 aromatic rings. The Hall–Kier alpha value is -2.77. The SMILES string of the molecule is O=C1NC(=O)N(Cc2ccc(F)c(C(=O)O)c2)C1=O. The molecule has 0 saturated carbocycles. The van der Waals surface area contributed by atoms with Crippen LogP contribution < -0.4 is 5.32 Å². The van der Waals surface area contributed by atoms with Gasteiger partial charge in [-0.1, -0.05) is 6.07 Å². The van der Waals surface area contributed by atoms with Crippen molar-refractivity contribution in [2.24, 2.45) is 0 Å². The standard InChI is InChI=1S/C11H7FN2O5/c12-7-2-1-5(3-6(7)10(17)18)4-14-9(16)8(15)13-11(14)19/h1-3H,4H2,(H,17,18)(H,13,15,19). The average molecular weight is 266 g/mol. The van der Waals surface area contributed by atoms with Crippen LogP contribution in [0.4, 0.5) is 9.18 Å². The van der Waals surface area contributed by atoms with E-state index in [1.807, 2.05) is 0 Å². The number of imide groups is 2. The van der Waals surface area contributed by atoms with Gasteiger partial charge in [-0.05, 0) is 17.7 Å². The predicted octanol–water partition coefficient (Wildman–Crippen LogP) is 0.102. The van der Waals surface area contributed by atoms with Crippen molar-refractivity contribution < 1.29 is 28.7 Å². The lowest BCUT2D eigenvalue weighted by Crippen LogP contribution is -2.30. The van der Waals surface area contributed by atoms with Crippen LogP contribution >= 0.6 is 0 Å². The maximum Gasteiger partial charge on any atom is 0.338 e. The fourth-order valence-corrected chi connectivity index (χ4v) is 1.59. The summed E-state index contributed by atoms with van der Waals surface area (Å²) in [6.45, 7) is -0.309. The van der Waals surface area contributed by atoms with Crippen LogP contribution in [0, 0.1) is 5.82 Å². The molecule has 98 valence electrons. The third kappa shape index (κ3) is 2.28. The molecule has 1 aliphatic rings. The number of hydrogen-bond donors (Lipinski definition) is 2. The van der Waals surface area contributed by atoms with Crippen LogP contribution in [0.25, 0.3) is 0 Å². The molecule has 0 unspecified atom stereocenters. The number of carboxylic acids is 1. The highest BCUT2D eigenvalue weighted by Crippen LogP contribution is 2.14. The Labute approximate surface area is 105 Å². The largest absolute Gasteiger partial charge is 0.478 e. The normalized spacial score (nSPS) is 14.8. The fraction of sp³-hybridized carbons (Fsp3) is 0.0909. The van der Waals surface area contributed by atoms with E-state index >= 15 is 0 Å². The van der Waals surface area contributed by atoms with Gasteiger partial charge in [0.2, 0.25) is 0 Å².